The van der Waals surface area contributed by atoms with Gasteiger partial charge >= 0.3 is 5.97 Å². The molecule has 0 unspecified atom stereocenters. The summed E-state index contributed by atoms with van der Waals surface area (Å²) in [5.74, 6) is -0.416. The number of methoxy groups -OCH3 is 1. The first-order valence-electron chi connectivity index (χ1n) is 4.24. The van der Waals surface area contributed by atoms with Gasteiger partial charge in [-0.05, 0) is 19.9 Å². The van der Waals surface area contributed by atoms with Crippen LogP contribution in [0.15, 0.2) is 10.9 Å². The van der Waals surface area contributed by atoms with Crippen LogP contribution in [0.3, 0.4) is 0 Å². The van der Waals surface area contributed by atoms with Gasteiger partial charge in [-0.1, -0.05) is 0 Å². The minimum atomic E-state index is -0.416. The third-order valence-corrected chi connectivity index (χ3v) is 2.30. The second-order valence-corrected chi connectivity index (χ2v) is 3.18. The van der Waals surface area contributed by atoms with Gasteiger partial charge in [0.1, 0.15) is 0 Å². The first kappa shape index (κ1) is 10.5. The van der Waals surface area contributed by atoms with Gasteiger partial charge < -0.3 is 9.30 Å². The van der Waals surface area contributed by atoms with Gasteiger partial charge in [0, 0.05) is 18.3 Å². The zero-order chi connectivity index (χ0) is 10.9. The molecule has 76 valence electrons. The maximum Gasteiger partial charge on any atom is 0.339 e. The SMILES string of the molecule is COC(=O)c1cc(C)c(=O)n(C)c1C. The molecular formula is C10H13NO3. The summed E-state index contributed by atoms with van der Waals surface area (Å²) in [6.07, 6.45) is 0. The number of hydrogen-bond donors (Lipinski definition) is 0. The van der Waals surface area contributed by atoms with Crippen molar-refractivity contribution >= 4 is 5.97 Å². The smallest absolute Gasteiger partial charge is 0.339 e. The van der Waals surface area contributed by atoms with Crippen LogP contribution in [0.25, 0.3) is 0 Å². The Labute approximate surface area is 82.1 Å². The molecule has 0 spiro atoms. The molecule has 0 saturated carbocycles. The highest BCUT2D eigenvalue weighted by atomic mass is 16.5. The molecule has 0 aliphatic rings. The number of ether oxygens (including phenoxy) is 1. The summed E-state index contributed by atoms with van der Waals surface area (Å²) in [5, 5.41) is 0. The lowest BCUT2D eigenvalue weighted by Gasteiger charge is -2.09. The molecule has 4 nitrogen and oxygen atoms in total. The summed E-state index contributed by atoms with van der Waals surface area (Å²) in [6, 6.07) is 1.56. The Hall–Kier alpha value is -1.58. The maximum atomic E-state index is 11.5. The number of rotatable bonds is 1. The van der Waals surface area contributed by atoms with E-state index in [2.05, 4.69) is 4.74 Å². The predicted molar refractivity (Wildman–Crippen MR) is 52.5 cm³/mol. The lowest BCUT2D eigenvalue weighted by molar-refractivity contribution is 0.0598. The van der Waals surface area contributed by atoms with Crippen LogP contribution in [0.5, 0.6) is 0 Å². The molecule has 1 aromatic heterocycles. The second-order valence-electron chi connectivity index (χ2n) is 3.18. The van der Waals surface area contributed by atoms with Crippen molar-refractivity contribution in [3.63, 3.8) is 0 Å². The van der Waals surface area contributed by atoms with Crippen LogP contribution in [0.4, 0.5) is 0 Å². The highest BCUT2D eigenvalue weighted by Crippen LogP contribution is 2.07. The van der Waals surface area contributed by atoms with E-state index in [1.807, 2.05) is 0 Å². The average molecular weight is 195 g/mol. The molecule has 14 heavy (non-hydrogen) atoms. The van der Waals surface area contributed by atoms with Crippen LogP contribution in [0, 0.1) is 13.8 Å². The van der Waals surface area contributed by atoms with Gasteiger partial charge in [0.05, 0.1) is 12.7 Å². The van der Waals surface area contributed by atoms with Crippen LogP contribution in [-0.4, -0.2) is 17.6 Å². The van der Waals surface area contributed by atoms with Crippen LogP contribution < -0.4 is 5.56 Å². The normalized spacial score (nSPS) is 10.0. The Morgan fingerprint density at radius 2 is 2.00 bits per heavy atom. The average Bonchev–Trinajstić information content (AvgIpc) is 2.19. The van der Waals surface area contributed by atoms with E-state index in [0.29, 0.717) is 16.8 Å². The van der Waals surface area contributed by atoms with Crippen LogP contribution in [0.1, 0.15) is 21.6 Å². The summed E-state index contributed by atoms with van der Waals surface area (Å²) in [7, 11) is 2.96. The van der Waals surface area contributed by atoms with E-state index in [9.17, 15) is 9.59 Å². The highest BCUT2D eigenvalue weighted by Gasteiger charge is 2.13. The number of aryl methyl sites for hydroxylation is 1. The standard InChI is InChI=1S/C10H13NO3/c1-6-5-8(10(13)14-4)7(2)11(3)9(6)12/h5H,1-4H3. The minimum absolute atomic E-state index is 0.0878. The fraction of sp³-hybridized carbons (Fsp3) is 0.400. The van der Waals surface area contributed by atoms with Crippen molar-refractivity contribution in [2.45, 2.75) is 13.8 Å². The molecule has 4 heteroatoms. The fourth-order valence-electron chi connectivity index (χ4n) is 1.30. The molecule has 0 saturated heterocycles. The van der Waals surface area contributed by atoms with E-state index in [0.717, 1.165) is 0 Å². The zero-order valence-electron chi connectivity index (χ0n) is 8.75. The Kier molecular flexibility index (Phi) is 2.74. The molecule has 0 amide bonds. The van der Waals surface area contributed by atoms with Gasteiger partial charge in [-0.15, -0.1) is 0 Å². The highest BCUT2D eigenvalue weighted by molar-refractivity contribution is 5.90. The molecule has 0 aliphatic carbocycles. The summed E-state index contributed by atoms with van der Waals surface area (Å²) in [4.78, 5) is 22.8. The second kappa shape index (κ2) is 3.65. The molecule has 0 radical (unpaired) electrons. The Balaban J connectivity index is 3.48. The zero-order valence-corrected chi connectivity index (χ0v) is 8.75. The van der Waals surface area contributed by atoms with E-state index in [1.165, 1.54) is 11.7 Å². The molecule has 0 aromatic carbocycles. The van der Waals surface area contributed by atoms with Crippen molar-refractivity contribution in [1.82, 2.24) is 4.57 Å². The molecule has 0 fully saturated rings. The van der Waals surface area contributed by atoms with Crippen molar-refractivity contribution in [1.29, 1.82) is 0 Å². The largest absolute Gasteiger partial charge is 0.465 e. The van der Waals surface area contributed by atoms with Crippen molar-refractivity contribution in [3.05, 3.63) is 33.2 Å². The third kappa shape index (κ3) is 1.55. The molecule has 0 N–H and O–H groups in total. The minimum Gasteiger partial charge on any atom is -0.465 e. The van der Waals surface area contributed by atoms with E-state index in [4.69, 9.17) is 0 Å². The first-order chi connectivity index (χ1) is 6.49. The van der Waals surface area contributed by atoms with E-state index in [-0.39, 0.29) is 5.56 Å². The molecule has 1 aromatic rings. The third-order valence-electron chi connectivity index (χ3n) is 2.30. The van der Waals surface area contributed by atoms with Gasteiger partial charge in [0.25, 0.3) is 5.56 Å². The topological polar surface area (TPSA) is 48.3 Å². The Morgan fingerprint density at radius 1 is 1.43 bits per heavy atom. The lowest BCUT2D eigenvalue weighted by atomic mass is 10.1. The van der Waals surface area contributed by atoms with Crippen molar-refractivity contribution < 1.29 is 9.53 Å². The van der Waals surface area contributed by atoms with Gasteiger partial charge in [0.15, 0.2) is 0 Å². The summed E-state index contributed by atoms with van der Waals surface area (Å²) >= 11 is 0. The number of carbonyl (C=O) groups excluding carboxylic acids is 1. The van der Waals surface area contributed by atoms with Gasteiger partial charge in [-0.3, -0.25) is 4.79 Å². The molecule has 0 bridgehead atoms. The van der Waals surface area contributed by atoms with Crippen molar-refractivity contribution in [2.24, 2.45) is 7.05 Å². The quantitative estimate of drug-likeness (QED) is 0.622. The summed E-state index contributed by atoms with van der Waals surface area (Å²) in [5.41, 5.74) is 1.51. The van der Waals surface area contributed by atoms with E-state index < -0.39 is 5.97 Å². The molecule has 0 atom stereocenters. The van der Waals surface area contributed by atoms with Gasteiger partial charge in [-0.25, -0.2) is 4.79 Å². The van der Waals surface area contributed by atoms with Crippen LogP contribution >= 0.6 is 0 Å². The number of esters is 1. The monoisotopic (exact) mass is 195 g/mol. The van der Waals surface area contributed by atoms with Crippen molar-refractivity contribution in [2.75, 3.05) is 7.11 Å². The van der Waals surface area contributed by atoms with Crippen LogP contribution in [0.2, 0.25) is 0 Å². The lowest BCUT2D eigenvalue weighted by Crippen LogP contribution is -2.24. The number of aromatic nitrogens is 1. The van der Waals surface area contributed by atoms with E-state index >= 15 is 0 Å². The number of carbonyl (C=O) groups is 1. The number of hydrogen-bond acceptors (Lipinski definition) is 3. The molecule has 0 aliphatic heterocycles. The number of pyridine rings is 1. The molecular weight excluding hydrogens is 182 g/mol. The maximum absolute atomic E-state index is 11.5. The molecule has 1 heterocycles. The Morgan fingerprint density at radius 3 is 2.50 bits per heavy atom. The first-order valence-corrected chi connectivity index (χ1v) is 4.24. The van der Waals surface area contributed by atoms with Gasteiger partial charge in [-0.2, -0.15) is 0 Å². The van der Waals surface area contributed by atoms with Crippen LogP contribution in [-0.2, 0) is 11.8 Å². The van der Waals surface area contributed by atoms with Gasteiger partial charge in [0.2, 0.25) is 0 Å². The summed E-state index contributed by atoms with van der Waals surface area (Å²) in [6.45, 7) is 3.39. The summed E-state index contributed by atoms with van der Waals surface area (Å²) < 4.78 is 6.06. The number of nitrogens with zero attached hydrogens (tertiary/aromatic N) is 1. The van der Waals surface area contributed by atoms with E-state index in [1.54, 1.807) is 27.0 Å². The fourth-order valence-corrected chi connectivity index (χ4v) is 1.30. The van der Waals surface area contributed by atoms with Crippen molar-refractivity contribution in [3.8, 4) is 0 Å². The molecule has 1 rings (SSSR count). The Bertz CT molecular complexity index is 432. The predicted octanol–water partition coefficient (Wildman–Crippen LogP) is 0.789.